The van der Waals surface area contributed by atoms with Gasteiger partial charge in [0.1, 0.15) is 6.10 Å². The van der Waals surface area contributed by atoms with Gasteiger partial charge in [0.2, 0.25) is 5.91 Å². The molecule has 0 aromatic heterocycles. The van der Waals surface area contributed by atoms with Crippen LogP contribution in [0.25, 0.3) is 0 Å². The fraction of sp³-hybridized carbons (Fsp3) is 0.889. The average Bonchev–Trinajstić information content (AvgIpc) is 2.38. The molecule has 1 fully saturated rings. The zero-order chi connectivity index (χ0) is 11.3. The van der Waals surface area contributed by atoms with Gasteiger partial charge in [0.05, 0.1) is 0 Å². The third kappa shape index (κ3) is 4.53. The Kier molecular flexibility index (Phi) is 4.90. The van der Waals surface area contributed by atoms with E-state index in [1.165, 1.54) is 0 Å². The maximum atomic E-state index is 12.0. The number of carbonyl (C=O) groups is 1. The molecule has 2 atom stereocenters. The van der Waals surface area contributed by atoms with Crippen LogP contribution in [0.5, 0.6) is 0 Å². The van der Waals surface area contributed by atoms with E-state index in [9.17, 15) is 13.6 Å². The van der Waals surface area contributed by atoms with E-state index in [2.05, 4.69) is 10.6 Å². The van der Waals surface area contributed by atoms with E-state index in [-0.39, 0.29) is 24.9 Å². The van der Waals surface area contributed by atoms with Crippen LogP contribution in [0.2, 0.25) is 0 Å². The van der Waals surface area contributed by atoms with Crippen molar-refractivity contribution in [3.63, 3.8) is 0 Å². The van der Waals surface area contributed by atoms with E-state index < -0.39 is 12.5 Å². The van der Waals surface area contributed by atoms with Gasteiger partial charge in [-0.1, -0.05) is 0 Å². The standard InChI is InChI=1S/C9H16F2N2O2/c10-9(11)7(14)5-13-6-2-1-3-12-8(15)4-6/h6-7,9,13-14H,1-5H2,(H,12,15). The van der Waals surface area contributed by atoms with Crippen molar-refractivity contribution >= 4 is 5.91 Å². The molecule has 6 heteroatoms. The second-order valence-electron chi connectivity index (χ2n) is 3.70. The lowest BCUT2D eigenvalue weighted by Crippen LogP contribution is -2.39. The highest BCUT2D eigenvalue weighted by molar-refractivity contribution is 5.76. The monoisotopic (exact) mass is 222 g/mol. The molecule has 1 aliphatic rings. The van der Waals surface area contributed by atoms with Gasteiger partial charge in [-0.2, -0.15) is 0 Å². The molecule has 4 nitrogen and oxygen atoms in total. The van der Waals surface area contributed by atoms with Gasteiger partial charge in [-0.15, -0.1) is 0 Å². The molecular weight excluding hydrogens is 206 g/mol. The lowest BCUT2D eigenvalue weighted by molar-refractivity contribution is -0.121. The molecule has 0 radical (unpaired) electrons. The summed E-state index contributed by atoms with van der Waals surface area (Å²) in [6.45, 7) is 0.462. The zero-order valence-corrected chi connectivity index (χ0v) is 8.38. The van der Waals surface area contributed by atoms with Gasteiger partial charge in [-0.25, -0.2) is 8.78 Å². The lowest BCUT2D eigenvalue weighted by Gasteiger charge is -2.17. The Morgan fingerprint density at radius 1 is 1.60 bits per heavy atom. The first-order chi connectivity index (χ1) is 7.09. The second kappa shape index (κ2) is 5.97. The summed E-state index contributed by atoms with van der Waals surface area (Å²) in [7, 11) is 0. The first kappa shape index (κ1) is 12.3. The summed E-state index contributed by atoms with van der Waals surface area (Å²) in [5.41, 5.74) is 0. The summed E-state index contributed by atoms with van der Waals surface area (Å²) < 4.78 is 23.9. The Labute approximate surface area is 87.0 Å². The summed E-state index contributed by atoms with van der Waals surface area (Å²) in [4.78, 5) is 11.1. The zero-order valence-electron chi connectivity index (χ0n) is 8.38. The van der Waals surface area contributed by atoms with Crippen LogP contribution in [-0.2, 0) is 4.79 Å². The Morgan fingerprint density at radius 2 is 2.33 bits per heavy atom. The minimum Gasteiger partial charge on any atom is -0.386 e. The molecule has 1 rings (SSSR count). The van der Waals surface area contributed by atoms with Gasteiger partial charge in [0.15, 0.2) is 0 Å². The van der Waals surface area contributed by atoms with Crippen molar-refractivity contribution in [3.05, 3.63) is 0 Å². The third-order valence-electron chi connectivity index (χ3n) is 2.39. The maximum Gasteiger partial charge on any atom is 0.265 e. The number of nitrogens with one attached hydrogen (secondary N) is 2. The summed E-state index contributed by atoms with van der Waals surface area (Å²) in [5.74, 6) is -0.0727. The molecule has 1 saturated heterocycles. The Morgan fingerprint density at radius 3 is 3.00 bits per heavy atom. The molecule has 1 aliphatic heterocycles. The molecule has 0 spiro atoms. The molecule has 1 heterocycles. The number of hydrogen-bond acceptors (Lipinski definition) is 3. The lowest BCUT2D eigenvalue weighted by atomic mass is 10.1. The van der Waals surface area contributed by atoms with Crippen LogP contribution in [-0.4, -0.2) is 42.7 Å². The molecule has 15 heavy (non-hydrogen) atoms. The third-order valence-corrected chi connectivity index (χ3v) is 2.39. The molecule has 0 aliphatic carbocycles. The van der Waals surface area contributed by atoms with E-state index in [0.717, 1.165) is 12.8 Å². The first-order valence-electron chi connectivity index (χ1n) is 5.06. The van der Waals surface area contributed by atoms with Crippen LogP contribution >= 0.6 is 0 Å². The van der Waals surface area contributed by atoms with Crippen molar-refractivity contribution in [2.75, 3.05) is 13.1 Å². The van der Waals surface area contributed by atoms with E-state index in [1.807, 2.05) is 0 Å². The highest BCUT2D eigenvalue weighted by atomic mass is 19.3. The molecule has 0 aromatic rings. The van der Waals surface area contributed by atoms with E-state index in [4.69, 9.17) is 5.11 Å². The van der Waals surface area contributed by atoms with Crippen molar-refractivity contribution in [1.82, 2.24) is 10.6 Å². The minimum absolute atomic E-state index is 0.0727. The number of hydrogen-bond donors (Lipinski definition) is 3. The normalized spacial score (nSPS) is 24.8. The van der Waals surface area contributed by atoms with Gasteiger partial charge in [0, 0.05) is 25.6 Å². The number of aliphatic hydroxyl groups is 1. The Hall–Kier alpha value is -0.750. The van der Waals surface area contributed by atoms with Crippen molar-refractivity contribution in [3.8, 4) is 0 Å². The van der Waals surface area contributed by atoms with Gasteiger partial charge < -0.3 is 15.7 Å². The number of aliphatic hydroxyl groups excluding tert-OH is 1. The van der Waals surface area contributed by atoms with Crippen LogP contribution in [0.3, 0.4) is 0 Å². The van der Waals surface area contributed by atoms with Crippen LogP contribution in [0.15, 0.2) is 0 Å². The Bertz CT molecular complexity index is 214. The molecular formula is C9H16F2N2O2. The fourth-order valence-corrected chi connectivity index (χ4v) is 1.53. The molecule has 0 aromatic carbocycles. The number of alkyl halides is 2. The van der Waals surface area contributed by atoms with Crippen molar-refractivity contribution in [1.29, 1.82) is 0 Å². The Balaban J connectivity index is 2.27. The van der Waals surface area contributed by atoms with Gasteiger partial charge in [-0.05, 0) is 12.8 Å². The summed E-state index contributed by atoms with van der Waals surface area (Å²) >= 11 is 0. The highest BCUT2D eigenvalue weighted by Gasteiger charge is 2.21. The minimum atomic E-state index is -2.74. The average molecular weight is 222 g/mol. The van der Waals surface area contributed by atoms with Crippen molar-refractivity contribution < 1.29 is 18.7 Å². The van der Waals surface area contributed by atoms with Gasteiger partial charge in [0.25, 0.3) is 6.43 Å². The molecule has 3 N–H and O–H groups in total. The number of carbonyl (C=O) groups excluding carboxylic acids is 1. The highest BCUT2D eigenvalue weighted by Crippen LogP contribution is 2.07. The van der Waals surface area contributed by atoms with E-state index in [0.29, 0.717) is 6.54 Å². The number of rotatable bonds is 4. The maximum absolute atomic E-state index is 12.0. The summed E-state index contributed by atoms with van der Waals surface area (Å²) in [6.07, 6.45) is -2.52. The van der Waals surface area contributed by atoms with Crippen molar-refractivity contribution in [2.24, 2.45) is 0 Å². The topological polar surface area (TPSA) is 61.4 Å². The second-order valence-corrected chi connectivity index (χ2v) is 3.70. The van der Waals surface area contributed by atoms with Crippen LogP contribution < -0.4 is 10.6 Å². The summed E-state index contributed by atoms with van der Waals surface area (Å²) in [6, 6.07) is -0.110. The molecule has 2 unspecified atom stereocenters. The molecule has 1 amide bonds. The van der Waals surface area contributed by atoms with Crippen molar-refractivity contribution in [2.45, 2.75) is 37.8 Å². The van der Waals surface area contributed by atoms with E-state index in [1.54, 1.807) is 0 Å². The fourth-order valence-electron chi connectivity index (χ4n) is 1.53. The number of halogens is 2. The molecule has 88 valence electrons. The molecule has 0 bridgehead atoms. The number of amides is 1. The molecule has 0 saturated carbocycles. The van der Waals surface area contributed by atoms with Gasteiger partial charge in [-0.3, -0.25) is 4.79 Å². The summed E-state index contributed by atoms with van der Waals surface area (Å²) in [5, 5.41) is 14.4. The van der Waals surface area contributed by atoms with Crippen LogP contribution in [0.1, 0.15) is 19.3 Å². The first-order valence-corrected chi connectivity index (χ1v) is 5.06. The quantitative estimate of drug-likeness (QED) is 0.621. The largest absolute Gasteiger partial charge is 0.386 e. The van der Waals surface area contributed by atoms with Crippen LogP contribution in [0.4, 0.5) is 8.78 Å². The predicted molar refractivity (Wildman–Crippen MR) is 50.7 cm³/mol. The van der Waals surface area contributed by atoms with Gasteiger partial charge >= 0.3 is 0 Å². The predicted octanol–water partition coefficient (Wildman–Crippen LogP) is -0.129. The SMILES string of the molecule is O=C1CC(NCC(O)C(F)F)CCCN1. The van der Waals surface area contributed by atoms with Crippen LogP contribution in [0, 0.1) is 0 Å². The van der Waals surface area contributed by atoms with E-state index >= 15 is 0 Å². The smallest absolute Gasteiger partial charge is 0.265 e.